The van der Waals surface area contributed by atoms with Gasteiger partial charge in [-0.2, -0.15) is 0 Å². The van der Waals surface area contributed by atoms with E-state index in [1.807, 2.05) is 24.5 Å². The van der Waals surface area contributed by atoms with Crippen molar-refractivity contribution in [2.24, 2.45) is 11.8 Å². The monoisotopic (exact) mass is 295 g/mol. The molecule has 0 aliphatic carbocycles. The van der Waals surface area contributed by atoms with Gasteiger partial charge in [-0.25, -0.2) is 12.7 Å². The summed E-state index contributed by atoms with van der Waals surface area (Å²) in [4.78, 5) is 6.46. The molecule has 2 unspecified atom stereocenters. The predicted octanol–water partition coefficient (Wildman–Crippen LogP) is 0.795. The number of rotatable bonds is 4. The molecule has 0 amide bonds. The Morgan fingerprint density at radius 2 is 1.75 bits per heavy atom. The van der Waals surface area contributed by atoms with Gasteiger partial charge < -0.3 is 0 Å². The number of sulfonamides is 1. The smallest absolute Gasteiger partial charge is 0.213 e. The lowest BCUT2D eigenvalue weighted by Gasteiger charge is -2.20. The summed E-state index contributed by atoms with van der Waals surface area (Å²) in [5.74, 6) is 1.21. The summed E-state index contributed by atoms with van der Waals surface area (Å²) in [6, 6.07) is 4.09. The number of pyridine rings is 1. The van der Waals surface area contributed by atoms with E-state index in [1.54, 1.807) is 11.2 Å². The Hall–Kier alpha value is -0.980. The Kier molecular flexibility index (Phi) is 3.79. The van der Waals surface area contributed by atoms with Crippen LogP contribution in [0.15, 0.2) is 24.5 Å². The van der Waals surface area contributed by atoms with Gasteiger partial charge in [0.15, 0.2) is 0 Å². The second kappa shape index (κ2) is 5.42. The summed E-state index contributed by atoms with van der Waals surface area (Å²) in [5, 5.41) is 0. The van der Waals surface area contributed by atoms with E-state index in [1.165, 1.54) is 5.56 Å². The predicted molar refractivity (Wildman–Crippen MR) is 77.5 cm³/mol. The largest absolute Gasteiger partial charge is 0.298 e. The molecule has 2 aliphatic heterocycles. The van der Waals surface area contributed by atoms with Gasteiger partial charge in [-0.3, -0.25) is 9.88 Å². The minimum Gasteiger partial charge on any atom is -0.298 e. The third kappa shape index (κ3) is 2.73. The van der Waals surface area contributed by atoms with Crippen LogP contribution in [-0.4, -0.2) is 54.5 Å². The van der Waals surface area contributed by atoms with Crippen molar-refractivity contribution in [2.75, 3.05) is 31.9 Å². The van der Waals surface area contributed by atoms with E-state index in [2.05, 4.69) is 9.88 Å². The molecule has 2 atom stereocenters. The molecule has 5 nitrogen and oxygen atoms in total. The minimum absolute atomic E-state index is 0.215. The molecule has 0 saturated carbocycles. The summed E-state index contributed by atoms with van der Waals surface area (Å²) in [6.07, 6.45) is 3.64. The van der Waals surface area contributed by atoms with Crippen molar-refractivity contribution in [3.05, 3.63) is 30.1 Å². The van der Waals surface area contributed by atoms with Gasteiger partial charge in [-0.1, -0.05) is 0 Å². The number of fused-ring (bicyclic) bond motifs is 1. The van der Waals surface area contributed by atoms with Crippen molar-refractivity contribution < 1.29 is 8.42 Å². The minimum atomic E-state index is -3.01. The fraction of sp³-hybridized carbons (Fsp3) is 0.643. The Bertz CT molecular complexity index is 547. The van der Waals surface area contributed by atoms with Crippen LogP contribution in [0.5, 0.6) is 0 Å². The van der Waals surface area contributed by atoms with E-state index >= 15 is 0 Å². The van der Waals surface area contributed by atoms with Gasteiger partial charge in [0, 0.05) is 45.1 Å². The summed E-state index contributed by atoms with van der Waals surface area (Å²) >= 11 is 0. The molecular weight excluding hydrogens is 274 g/mol. The van der Waals surface area contributed by atoms with Crippen LogP contribution in [0.25, 0.3) is 0 Å². The molecule has 0 N–H and O–H groups in total. The molecule has 1 aromatic heterocycles. The lowest BCUT2D eigenvalue weighted by molar-refractivity contribution is 0.289. The van der Waals surface area contributed by atoms with Crippen molar-refractivity contribution in [3.8, 4) is 0 Å². The Morgan fingerprint density at radius 3 is 2.30 bits per heavy atom. The van der Waals surface area contributed by atoms with Crippen molar-refractivity contribution in [3.63, 3.8) is 0 Å². The Balaban J connectivity index is 1.59. The van der Waals surface area contributed by atoms with Crippen molar-refractivity contribution >= 4 is 10.0 Å². The summed E-state index contributed by atoms with van der Waals surface area (Å²) in [7, 11) is -3.01. The molecule has 2 aliphatic rings. The van der Waals surface area contributed by atoms with Gasteiger partial charge in [0.2, 0.25) is 10.0 Å². The van der Waals surface area contributed by atoms with E-state index < -0.39 is 10.0 Å². The molecular formula is C14H21N3O2S. The highest BCUT2D eigenvalue weighted by Crippen LogP contribution is 2.33. The molecule has 1 aromatic rings. The van der Waals surface area contributed by atoms with Gasteiger partial charge in [0.1, 0.15) is 0 Å². The van der Waals surface area contributed by atoms with Gasteiger partial charge in [-0.05, 0) is 36.5 Å². The van der Waals surface area contributed by atoms with Gasteiger partial charge in [0.25, 0.3) is 0 Å². The van der Waals surface area contributed by atoms with Crippen LogP contribution in [0, 0.1) is 11.8 Å². The molecule has 2 fully saturated rings. The molecule has 0 spiro atoms. The molecule has 2 saturated heterocycles. The molecule has 3 rings (SSSR count). The number of aromatic nitrogens is 1. The maximum Gasteiger partial charge on any atom is 0.213 e. The van der Waals surface area contributed by atoms with Crippen LogP contribution in [0.2, 0.25) is 0 Å². The molecule has 0 bridgehead atoms. The quantitative estimate of drug-likeness (QED) is 0.824. The van der Waals surface area contributed by atoms with Crippen molar-refractivity contribution in [1.29, 1.82) is 0 Å². The van der Waals surface area contributed by atoms with E-state index in [9.17, 15) is 8.42 Å². The van der Waals surface area contributed by atoms with Crippen LogP contribution in [-0.2, 0) is 16.6 Å². The highest BCUT2D eigenvalue weighted by atomic mass is 32.2. The second-order valence-electron chi connectivity index (χ2n) is 5.79. The standard InChI is InChI=1S/C14H21N3O2S/c1-2-20(18,19)17-10-13-8-16(9-14(13)11-17)7-12-3-5-15-6-4-12/h3-6,13-14H,2,7-11H2,1H3. The first-order chi connectivity index (χ1) is 9.58. The number of likely N-dealkylation sites (tertiary alicyclic amines) is 1. The Labute approximate surface area is 120 Å². The van der Waals surface area contributed by atoms with Gasteiger partial charge in [0.05, 0.1) is 5.75 Å². The van der Waals surface area contributed by atoms with Crippen LogP contribution in [0.1, 0.15) is 12.5 Å². The fourth-order valence-electron chi connectivity index (χ4n) is 3.33. The van der Waals surface area contributed by atoms with Crippen LogP contribution in [0.3, 0.4) is 0 Å². The maximum absolute atomic E-state index is 11.9. The topological polar surface area (TPSA) is 53.5 Å². The molecule has 20 heavy (non-hydrogen) atoms. The number of hydrogen-bond acceptors (Lipinski definition) is 4. The first-order valence-corrected chi connectivity index (χ1v) is 8.78. The molecule has 3 heterocycles. The summed E-state index contributed by atoms with van der Waals surface area (Å²) in [6.45, 7) is 6.07. The van der Waals surface area contributed by atoms with Crippen LogP contribution >= 0.6 is 0 Å². The average Bonchev–Trinajstić information content (AvgIpc) is 2.98. The summed E-state index contributed by atoms with van der Waals surface area (Å²) in [5.41, 5.74) is 1.28. The SMILES string of the molecule is CCS(=O)(=O)N1CC2CN(Cc3ccncc3)CC2C1. The van der Waals surface area contributed by atoms with Crippen LogP contribution in [0.4, 0.5) is 0 Å². The third-order valence-electron chi connectivity index (χ3n) is 4.44. The highest BCUT2D eigenvalue weighted by Gasteiger charge is 2.43. The molecule has 6 heteroatoms. The van der Waals surface area contributed by atoms with Crippen molar-refractivity contribution in [2.45, 2.75) is 13.5 Å². The fourth-order valence-corrected chi connectivity index (χ4v) is 4.53. The third-order valence-corrected chi connectivity index (χ3v) is 6.26. The maximum atomic E-state index is 11.9. The molecule has 0 radical (unpaired) electrons. The Morgan fingerprint density at radius 1 is 1.15 bits per heavy atom. The first-order valence-electron chi connectivity index (χ1n) is 7.17. The van der Waals surface area contributed by atoms with E-state index in [0.29, 0.717) is 24.9 Å². The number of nitrogens with zero attached hydrogens (tertiary/aromatic N) is 3. The number of hydrogen-bond donors (Lipinski definition) is 0. The average molecular weight is 295 g/mol. The lowest BCUT2D eigenvalue weighted by Crippen LogP contribution is -2.34. The summed E-state index contributed by atoms with van der Waals surface area (Å²) < 4.78 is 25.5. The zero-order chi connectivity index (χ0) is 14.2. The van der Waals surface area contributed by atoms with Crippen molar-refractivity contribution in [1.82, 2.24) is 14.2 Å². The van der Waals surface area contributed by atoms with Crippen LogP contribution < -0.4 is 0 Å². The van der Waals surface area contributed by atoms with E-state index in [4.69, 9.17) is 0 Å². The van der Waals surface area contributed by atoms with E-state index in [-0.39, 0.29) is 5.75 Å². The van der Waals surface area contributed by atoms with Gasteiger partial charge >= 0.3 is 0 Å². The first kappa shape index (κ1) is 14.0. The molecule has 0 aromatic carbocycles. The molecule has 110 valence electrons. The lowest BCUT2D eigenvalue weighted by atomic mass is 10.0. The highest BCUT2D eigenvalue weighted by molar-refractivity contribution is 7.89. The van der Waals surface area contributed by atoms with E-state index in [0.717, 1.165) is 19.6 Å². The van der Waals surface area contributed by atoms with Gasteiger partial charge in [-0.15, -0.1) is 0 Å². The second-order valence-corrected chi connectivity index (χ2v) is 8.04. The zero-order valence-electron chi connectivity index (χ0n) is 11.8. The zero-order valence-corrected chi connectivity index (χ0v) is 12.6. The normalized spacial score (nSPS) is 27.9.